The van der Waals surface area contributed by atoms with Crippen molar-refractivity contribution in [2.45, 2.75) is 13.3 Å². The number of hydrogen-bond acceptors (Lipinski definition) is 3. The van der Waals surface area contributed by atoms with Crippen LogP contribution in [-0.4, -0.2) is 62.4 Å². The van der Waals surface area contributed by atoms with Gasteiger partial charge in [0.05, 0.1) is 6.61 Å². The van der Waals surface area contributed by atoms with Gasteiger partial charge in [0, 0.05) is 20.3 Å². The summed E-state index contributed by atoms with van der Waals surface area (Å²) >= 11 is 0. The molecule has 0 radical (unpaired) electrons. The van der Waals surface area contributed by atoms with Gasteiger partial charge in [0.25, 0.3) is 5.71 Å². The summed E-state index contributed by atoms with van der Waals surface area (Å²) in [5.41, 5.74) is -0.478. The van der Waals surface area contributed by atoms with E-state index < -0.39 is 12.4 Å². The molecule has 0 fully saturated rings. The first-order valence-electron chi connectivity index (χ1n) is 5.19. The standard InChI is InChI=1S/C11H19F2N2O2/c1-6-17-11(16)8(7-14(2)3)9(10(12)13)15(4)5/h7,10H,6H2,1-5H3/q+1. The lowest BCUT2D eigenvalue weighted by atomic mass is 10.1. The Kier molecular flexibility index (Phi) is 6.38. The van der Waals surface area contributed by atoms with E-state index in [-0.39, 0.29) is 17.9 Å². The zero-order chi connectivity index (χ0) is 13.6. The molecule has 0 amide bonds. The summed E-state index contributed by atoms with van der Waals surface area (Å²) in [6.07, 6.45) is -1.40. The van der Waals surface area contributed by atoms with Gasteiger partial charge in [-0.3, -0.25) is 0 Å². The molecular weight excluding hydrogens is 230 g/mol. The monoisotopic (exact) mass is 249 g/mol. The summed E-state index contributed by atoms with van der Waals surface area (Å²) in [5, 5.41) is 0. The van der Waals surface area contributed by atoms with Crippen molar-refractivity contribution in [3.8, 4) is 0 Å². The van der Waals surface area contributed by atoms with Crippen LogP contribution >= 0.6 is 0 Å². The number of esters is 1. The number of alkyl halides is 2. The second-order valence-electron chi connectivity index (χ2n) is 3.81. The van der Waals surface area contributed by atoms with Gasteiger partial charge in [-0.1, -0.05) is 0 Å². The van der Waals surface area contributed by atoms with E-state index in [1.54, 1.807) is 21.0 Å². The van der Waals surface area contributed by atoms with Crippen LogP contribution in [0.5, 0.6) is 0 Å². The molecule has 0 saturated heterocycles. The summed E-state index contributed by atoms with van der Waals surface area (Å²) in [5.74, 6) is -0.745. The van der Waals surface area contributed by atoms with E-state index in [0.29, 0.717) is 0 Å². The lowest BCUT2D eigenvalue weighted by molar-refractivity contribution is -0.467. The minimum Gasteiger partial charge on any atom is -0.462 e. The van der Waals surface area contributed by atoms with Gasteiger partial charge < -0.3 is 9.64 Å². The van der Waals surface area contributed by atoms with Crippen LogP contribution in [0, 0.1) is 0 Å². The van der Waals surface area contributed by atoms with Crippen molar-refractivity contribution in [1.29, 1.82) is 0 Å². The van der Waals surface area contributed by atoms with Crippen molar-refractivity contribution in [2.24, 2.45) is 0 Å². The summed E-state index contributed by atoms with van der Waals surface area (Å²) in [6, 6.07) is 0. The molecule has 0 aliphatic carbocycles. The van der Waals surface area contributed by atoms with Crippen molar-refractivity contribution in [1.82, 2.24) is 4.90 Å². The van der Waals surface area contributed by atoms with Crippen molar-refractivity contribution in [3.05, 3.63) is 11.8 Å². The molecule has 0 aromatic rings. The third-order valence-corrected chi connectivity index (χ3v) is 1.85. The highest BCUT2D eigenvalue weighted by molar-refractivity contribution is 6.18. The Morgan fingerprint density at radius 2 is 1.94 bits per heavy atom. The van der Waals surface area contributed by atoms with E-state index in [4.69, 9.17) is 4.74 Å². The van der Waals surface area contributed by atoms with Gasteiger partial charge in [-0.15, -0.1) is 0 Å². The molecule has 98 valence electrons. The smallest absolute Gasteiger partial charge is 0.346 e. The van der Waals surface area contributed by atoms with E-state index in [1.807, 2.05) is 0 Å². The number of rotatable bonds is 5. The van der Waals surface area contributed by atoms with Crippen LogP contribution in [0.25, 0.3) is 0 Å². The molecule has 0 rings (SSSR count). The van der Waals surface area contributed by atoms with Crippen LogP contribution in [0.4, 0.5) is 8.78 Å². The highest BCUT2D eigenvalue weighted by atomic mass is 19.3. The van der Waals surface area contributed by atoms with Gasteiger partial charge in [0.15, 0.2) is 0 Å². The molecule has 0 aromatic heterocycles. The van der Waals surface area contributed by atoms with Crippen LogP contribution < -0.4 is 0 Å². The fourth-order valence-corrected chi connectivity index (χ4v) is 1.24. The molecule has 6 heteroatoms. The van der Waals surface area contributed by atoms with Crippen molar-refractivity contribution < 1.29 is 22.9 Å². The van der Waals surface area contributed by atoms with Gasteiger partial charge in [0.2, 0.25) is 0 Å². The molecule has 0 aromatic carbocycles. The van der Waals surface area contributed by atoms with E-state index in [0.717, 1.165) is 0 Å². The van der Waals surface area contributed by atoms with Gasteiger partial charge in [-0.05, 0) is 6.92 Å². The zero-order valence-corrected chi connectivity index (χ0v) is 10.8. The van der Waals surface area contributed by atoms with Gasteiger partial charge in [-0.25, -0.2) is 9.37 Å². The van der Waals surface area contributed by atoms with Crippen LogP contribution in [0.3, 0.4) is 0 Å². The largest absolute Gasteiger partial charge is 0.462 e. The van der Waals surface area contributed by atoms with Crippen LogP contribution in [0.15, 0.2) is 11.8 Å². The Labute approximate surface area is 100 Å². The number of halogens is 2. The molecule has 0 spiro atoms. The fourth-order valence-electron chi connectivity index (χ4n) is 1.24. The summed E-state index contributed by atoms with van der Waals surface area (Å²) in [6.45, 7) is 1.77. The first-order chi connectivity index (χ1) is 7.81. The lowest BCUT2D eigenvalue weighted by Crippen LogP contribution is -2.30. The minimum atomic E-state index is -2.74. The molecule has 0 aliphatic rings. The normalized spacial score (nSPS) is 11.4. The Morgan fingerprint density at radius 3 is 2.24 bits per heavy atom. The molecule has 0 N–H and O–H groups in total. The molecule has 0 heterocycles. The molecule has 0 aliphatic heterocycles. The average molecular weight is 249 g/mol. The topological polar surface area (TPSA) is 32.5 Å². The number of ether oxygens (including phenoxy) is 1. The quantitative estimate of drug-likeness (QED) is 0.315. The third-order valence-electron chi connectivity index (χ3n) is 1.85. The summed E-state index contributed by atoms with van der Waals surface area (Å²) < 4.78 is 31.8. The highest BCUT2D eigenvalue weighted by Gasteiger charge is 2.32. The Hall–Kier alpha value is -1.46. The van der Waals surface area contributed by atoms with E-state index in [1.165, 1.54) is 29.8 Å². The van der Waals surface area contributed by atoms with Crippen LogP contribution in [0.2, 0.25) is 0 Å². The number of nitrogens with zero attached hydrogens (tertiary/aromatic N) is 2. The van der Waals surface area contributed by atoms with Crippen molar-refractivity contribution >= 4 is 11.7 Å². The van der Waals surface area contributed by atoms with Crippen molar-refractivity contribution in [3.63, 3.8) is 0 Å². The maximum atomic E-state index is 12.9. The average Bonchev–Trinajstić information content (AvgIpc) is 2.15. The summed E-state index contributed by atoms with van der Waals surface area (Å²) in [7, 11) is 6.23. The van der Waals surface area contributed by atoms with E-state index in [9.17, 15) is 13.6 Å². The lowest BCUT2D eigenvalue weighted by Gasteiger charge is -2.11. The van der Waals surface area contributed by atoms with Crippen LogP contribution in [-0.2, 0) is 9.53 Å². The predicted octanol–water partition coefficient (Wildman–Crippen LogP) is 0.973. The molecule has 0 saturated carbocycles. The third kappa shape index (κ3) is 4.93. The second-order valence-corrected chi connectivity index (χ2v) is 3.81. The molecule has 0 atom stereocenters. The first-order valence-corrected chi connectivity index (χ1v) is 5.19. The van der Waals surface area contributed by atoms with Crippen LogP contribution in [0.1, 0.15) is 6.92 Å². The zero-order valence-electron chi connectivity index (χ0n) is 10.8. The molecular formula is C11H19F2N2O2+. The Morgan fingerprint density at radius 1 is 1.41 bits per heavy atom. The predicted molar refractivity (Wildman–Crippen MR) is 61.5 cm³/mol. The maximum absolute atomic E-state index is 12.9. The number of carbonyl (C=O) groups excluding carboxylic acids is 1. The summed E-state index contributed by atoms with van der Waals surface area (Å²) in [4.78, 5) is 13.2. The van der Waals surface area contributed by atoms with E-state index >= 15 is 0 Å². The Bertz CT molecular complexity index is 332. The van der Waals surface area contributed by atoms with Gasteiger partial charge in [-0.2, -0.15) is 8.78 Å². The van der Waals surface area contributed by atoms with E-state index in [2.05, 4.69) is 0 Å². The highest BCUT2D eigenvalue weighted by Crippen LogP contribution is 2.10. The molecule has 4 nitrogen and oxygen atoms in total. The maximum Gasteiger partial charge on any atom is 0.346 e. The Balaban J connectivity index is 5.47. The molecule has 0 bridgehead atoms. The van der Waals surface area contributed by atoms with Gasteiger partial charge >= 0.3 is 12.4 Å². The number of carbonyl (C=O) groups is 1. The minimum absolute atomic E-state index is 0.128. The second kappa shape index (κ2) is 6.98. The molecule has 0 unspecified atom stereocenters. The SMILES string of the molecule is CCOC(=O)/C(=C\N(C)C)C(C(F)F)=[N+](C)C. The van der Waals surface area contributed by atoms with Crippen molar-refractivity contribution in [2.75, 3.05) is 34.8 Å². The first kappa shape index (κ1) is 15.5. The van der Waals surface area contributed by atoms with Gasteiger partial charge in [0.1, 0.15) is 19.7 Å². The number of hydrogen-bond donors (Lipinski definition) is 0. The molecule has 17 heavy (non-hydrogen) atoms. The fraction of sp³-hybridized carbons (Fsp3) is 0.636.